The van der Waals surface area contributed by atoms with E-state index in [1.165, 1.54) is 7.11 Å². The van der Waals surface area contributed by atoms with Gasteiger partial charge in [0.25, 0.3) is 0 Å². The molecule has 0 saturated heterocycles. The number of rotatable bonds is 5. The average molecular weight is 345 g/mol. The number of alkyl carbamates (subject to hydrolysis) is 1. The molecule has 0 unspecified atom stereocenters. The maximum atomic E-state index is 12.2. The fourth-order valence-electron chi connectivity index (χ4n) is 2.66. The first-order valence-corrected chi connectivity index (χ1v) is 7.98. The minimum absolute atomic E-state index is 0.288. The number of aliphatic carboxylic acids is 1. The highest BCUT2D eigenvalue weighted by molar-refractivity contribution is 5.89. The number of benzene rings is 2. The van der Waals surface area contributed by atoms with Gasteiger partial charge in [-0.25, -0.2) is 4.79 Å². The summed E-state index contributed by atoms with van der Waals surface area (Å²) in [6.45, 7) is 5.24. The highest BCUT2D eigenvalue weighted by Gasteiger charge is 2.26. The minimum Gasteiger partial charge on any atom is -0.496 e. The number of nitrogens with one attached hydrogen (secondary N) is 1. The number of carbonyl (C=O) groups excluding carboxylic acids is 1. The van der Waals surface area contributed by atoms with Gasteiger partial charge in [-0.2, -0.15) is 0 Å². The van der Waals surface area contributed by atoms with Gasteiger partial charge in [0.05, 0.1) is 19.6 Å². The van der Waals surface area contributed by atoms with E-state index in [9.17, 15) is 14.7 Å². The van der Waals surface area contributed by atoms with Gasteiger partial charge in [0.2, 0.25) is 0 Å². The molecule has 6 nitrogen and oxygen atoms in total. The molecule has 0 heterocycles. The molecule has 2 aromatic carbocycles. The molecule has 0 bridgehead atoms. The van der Waals surface area contributed by atoms with Crippen LogP contribution in [0.5, 0.6) is 5.75 Å². The van der Waals surface area contributed by atoms with Crippen LogP contribution in [0.2, 0.25) is 0 Å². The molecule has 134 valence electrons. The summed E-state index contributed by atoms with van der Waals surface area (Å²) in [5.74, 6) is -0.517. The number of carboxylic acids is 1. The third kappa shape index (κ3) is 4.86. The molecular weight excluding hydrogens is 322 g/mol. The Balaban J connectivity index is 2.48. The van der Waals surface area contributed by atoms with Crippen LogP contribution in [0, 0.1) is 0 Å². The van der Waals surface area contributed by atoms with Crippen molar-refractivity contribution < 1.29 is 24.2 Å². The number of hydrogen-bond donors (Lipinski definition) is 2. The molecule has 0 saturated carbocycles. The molecular formula is C19H23NO5. The first-order chi connectivity index (χ1) is 11.7. The van der Waals surface area contributed by atoms with Crippen LogP contribution in [0.3, 0.4) is 0 Å². The SMILES string of the molecule is COc1ccc2ccccc2c1[C@@H](CC(=O)O)NC(=O)OC(C)(C)C. The lowest BCUT2D eigenvalue weighted by Gasteiger charge is -2.25. The lowest BCUT2D eigenvalue weighted by Crippen LogP contribution is -2.36. The summed E-state index contributed by atoms with van der Waals surface area (Å²) in [4.78, 5) is 23.5. The van der Waals surface area contributed by atoms with Gasteiger partial charge in [-0.15, -0.1) is 0 Å². The zero-order chi connectivity index (χ0) is 18.6. The normalized spacial score (nSPS) is 12.5. The van der Waals surface area contributed by atoms with Crippen molar-refractivity contribution in [3.05, 3.63) is 42.0 Å². The molecule has 2 aromatic rings. The van der Waals surface area contributed by atoms with E-state index in [-0.39, 0.29) is 6.42 Å². The Hall–Kier alpha value is -2.76. The summed E-state index contributed by atoms with van der Waals surface area (Å²) in [6.07, 6.45) is -0.961. The van der Waals surface area contributed by atoms with E-state index < -0.39 is 23.7 Å². The van der Waals surface area contributed by atoms with E-state index >= 15 is 0 Å². The molecule has 2 rings (SSSR count). The zero-order valence-electron chi connectivity index (χ0n) is 14.8. The fourth-order valence-corrected chi connectivity index (χ4v) is 2.66. The predicted molar refractivity (Wildman–Crippen MR) is 94.9 cm³/mol. The molecule has 0 spiro atoms. The topological polar surface area (TPSA) is 84.9 Å². The largest absolute Gasteiger partial charge is 0.496 e. The van der Waals surface area contributed by atoms with Crippen molar-refractivity contribution in [2.75, 3.05) is 7.11 Å². The first-order valence-electron chi connectivity index (χ1n) is 7.98. The van der Waals surface area contributed by atoms with Crippen molar-refractivity contribution in [1.29, 1.82) is 0 Å². The second-order valence-corrected chi connectivity index (χ2v) is 6.70. The monoisotopic (exact) mass is 345 g/mol. The van der Waals surface area contributed by atoms with Crippen LogP contribution in [0.4, 0.5) is 4.79 Å². The number of ether oxygens (including phenoxy) is 2. The maximum absolute atomic E-state index is 12.2. The average Bonchev–Trinajstić information content (AvgIpc) is 2.50. The zero-order valence-corrected chi connectivity index (χ0v) is 14.8. The summed E-state index contributed by atoms with van der Waals surface area (Å²) in [5.41, 5.74) is -0.0605. The lowest BCUT2D eigenvalue weighted by molar-refractivity contribution is -0.137. The first kappa shape index (κ1) is 18.6. The Bertz CT molecular complexity index is 779. The van der Waals surface area contributed by atoms with Gasteiger partial charge in [0.15, 0.2) is 0 Å². The van der Waals surface area contributed by atoms with E-state index in [0.717, 1.165) is 10.8 Å². The van der Waals surface area contributed by atoms with Crippen molar-refractivity contribution in [2.24, 2.45) is 0 Å². The fraction of sp³-hybridized carbons (Fsp3) is 0.368. The van der Waals surface area contributed by atoms with Gasteiger partial charge in [-0.3, -0.25) is 4.79 Å². The van der Waals surface area contributed by atoms with Crippen molar-refractivity contribution in [3.63, 3.8) is 0 Å². The van der Waals surface area contributed by atoms with Gasteiger partial charge >= 0.3 is 12.1 Å². The second-order valence-electron chi connectivity index (χ2n) is 6.70. The number of hydrogen-bond acceptors (Lipinski definition) is 4. The van der Waals surface area contributed by atoms with E-state index in [1.807, 2.05) is 30.3 Å². The Kier molecular flexibility index (Phi) is 5.51. The molecule has 1 amide bonds. The maximum Gasteiger partial charge on any atom is 0.408 e. The standard InChI is InChI=1S/C19H23NO5/c1-19(2,3)25-18(23)20-14(11-16(21)22)17-13-8-6-5-7-12(13)9-10-15(17)24-4/h5-10,14H,11H2,1-4H3,(H,20,23)(H,21,22)/t14-/m1/s1. The minimum atomic E-state index is -1.03. The number of carbonyl (C=O) groups is 2. The summed E-state index contributed by atoms with van der Waals surface area (Å²) >= 11 is 0. The summed E-state index contributed by atoms with van der Waals surface area (Å²) in [7, 11) is 1.51. The van der Waals surface area contributed by atoms with Crippen LogP contribution in [-0.4, -0.2) is 29.9 Å². The van der Waals surface area contributed by atoms with Crippen LogP contribution in [0.25, 0.3) is 10.8 Å². The van der Waals surface area contributed by atoms with Crippen LogP contribution in [-0.2, 0) is 9.53 Å². The van der Waals surface area contributed by atoms with Crippen molar-refractivity contribution >= 4 is 22.8 Å². The Labute approximate surface area is 146 Å². The molecule has 25 heavy (non-hydrogen) atoms. The number of fused-ring (bicyclic) bond motifs is 1. The highest BCUT2D eigenvalue weighted by atomic mass is 16.6. The van der Waals surface area contributed by atoms with Gasteiger partial charge < -0.3 is 19.9 Å². The van der Waals surface area contributed by atoms with Crippen LogP contribution in [0.1, 0.15) is 38.8 Å². The number of amides is 1. The number of carboxylic acid groups (broad SMARTS) is 1. The Morgan fingerprint density at radius 3 is 2.44 bits per heavy atom. The lowest BCUT2D eigenvalue weighted by atomic mass is 9.95. The van der Waals surface area contributed by atoms with E-state index in [0.29, 0.717) is 11.3 Å². The molecule has 1 atom stereocenters. The number of methoxy groups -OCH3 is 1. The summed E-state index contributed by atoms with van der Waals surface area (Å²) in [5, 5.41) is 13.7. The van der Waals surface area contributed by atoms with Crippen molar-refractivity contribution in [1.82, 2.24) is 5.32 Å². The second kappa shape index (κ2) is 7.42. The summed E-state index contributed by atoms with van der Waals surface area (Å²) in [6, 6.07) is 10.4. The van der Waals surface area contributed by atoms with E-state index in [4.69, 9.17) is 9.47 Å². The molecule has 0 aliphatic carbocycles. The van der Waals surface area contributed by atoms with Crippen molar-refractivity contribution in [2.45, 2.75) is 38.8 Å². The molecule has 0 aliphatic rings. The van der Waals surface area contributed by atoms with Crippen LogP contribution in [0.15, 0.2) is 36.4 Å². The Morgan fingerprint density at radius 1 is 1.16 bits per heavy atom. The van der Waals surface area contributed by atoms with E-state index in [2.05, 4.69) is 5.32 Å². The smallest absolute Gasteiger partial charge is 0.408 e. The van der Waals surface area contributed by atoms with Crippen molar-refractivity contribution in [3.8, 4) is 5.75 Å². The third-order valence-corrected chi connectivity index (χ3v) is 3.57. The summed E-state index contributed by atoms with van der Waals surface area (Å²) < 4.78 is 10.7. The predicted octanol–water partition coefficient (Wildman–Crippen LogP) is 3.89. The van der Waals surface area contributed by atoms with Crippen LogP contribution < -0.4 is 10.1 Å². The van der Waals surface area contributed by atoms with Gasteiger partial charge in [0, 0.05) is 5.56 Å². The molecule has 0 aliphatic heterocycles. The molecule has 0 aromatic heterocycles. The molecule has 0 fully saturated rings. The van der Waals surface area contributed by atoms with Gasteiger partial charge in [0.1, 0.15) is 11.4 Å². The quantitative estimate of drug-likeness (QED) is 0.859. The van der Waals surface area contributed by atoms with Gasteiger partial charge in [-0.1, -0.05) is 30.3 Å². The third-order valence-electron chi connectivity index (χ3n) is 3.57. The molecule has 6 heteroatoms. The Morgan fingerprint density at radius 2 is 1.84 bits per heavy atom. The molecule has 0 radical (unpaired) electrons. The van der Waals surface area contributed by atoms with Crippen LogP contribution >= 0.6 is 0 Å². The molecule has 2 N–H and O–H groups in total. The van der Waals surface area contributed by atoms with Gasteiger partial charge in [-0.05, 0) is 37.6 Å². The highest BCUT2D eigenvalue weighted by Crippen LogP contribution is 2.34. The van der Waals surface area contributed by atoms with E-state index in [1.54, 1.807) is 26.8 Å².